The Bertz CT molecular complexity index is 642. The van der Waals surface area contributed by atoms with Crippen LogP contribution in [0.2, 0.25) is 0 Å². The number of rotatable bonds is 4. The standard InChI is InChI=1S/C16H24N2O2S/c1-10-7-14(5-6-16(10)17)21(19,20)18-11(2)15-9-12-3-4-13(15)8-12/h5-7,11-13,15,18H,3-4,8-9,17H2,1-2H3. The van der Waals surface area contributed by atoms with E-state index in [-0.39, 0.29) is 6.04 Å². The van der Waals surface area contributed by atoms with Gasteiger partial charge in [-0.2, -0.15) is 0 Å². The molecule has 1 aromatic carbocycles. The Labute approximate surface area is 127 Å². The van der Waals surface area contributed by atoms with Crippen LogP contribution in [0.25, 0.3) is 0 Å². The van der Waals surface area contributed by atoms with Crippen LogP contribution in [-0.4, -0.2) is 14.5 Å². The topological polar surface area (TPSA) is 72.2 Å². The van der Waals surface area contributed by atoms with Gasteiger partial charge in [-0.15, -0.1) is 0 Å². The van der Waals surface area contributed by atoms with Crippen LogP contribution >= 0.6 is 0 Å². The van der Waals surface area contributed by atoms with E-state index in [1.54, 1.807) is 18.2 Å². The summed E-state index contributed by atoms with van der Waals surface area (Å²) in [6, 6.07) is 4.89. The first kappa shape index (κ1) is 14.9. The minimum atomic E-state index is -3.46. The SMILES string of the molecule is Cc1cc(S(=O)(=O)NC(C)C2CC3CCC2C3)ccc1N. The van der Waals surface area contributed by atoms with Gasteiger partial charge >= 0.3 is 0 Å². The molecule has 116 valence electrons. The number of fused-ring (bicyclic) bond motifs is 2. The van der Waals surface area contributed by atoms with Crippen molar-refractivity contribution in [1.82, 2.24) is 4.72 Å². The monoisotopic (exact) mass is 308 g/mol. The third kappa shape index (κ3) is 2.81. The first-order valence-corrected chi connectivity index (χ1v) is 9.23. The fourth-order valence-corrected chi connectivity index (χ4v) is 5.50. The summed E-state index contributed by atoms with van der Waals surface area (Å²) >= 11 is 0. The normalized spacial score (nSPS) is 29.7. The van der Waals surface area contributed by atoms with Gasteiger partial charge in [0.25, 0.3) is 0 Å². The maximum atomic E-state index is 12.5. The number of nitrogen functional groups attached to an aromatic ring is 1. The molecule has 0 heterocycles. The molecule has 4 atom stereocenters. The first-order valence-electron chi connectivity index (χ1n) is 7.75. The van der Waals surface area contributed by atoms with Gasteiger partial charge in [0.15, 0.2) is 0 Å². The Morgan fingerprint density at radius 2 is 2.05 bits per heavy atom. The Kier molecular flexibility index (Phi) is 3.74. The van der Waals surface area contributed by atoms with E-state index in [2.05, 4.69) is 4.72 Å². The Balaban J connectivity index is 1.75. The number of hydrogen-bond acceptors (Lipinski definition) is 3. The lowest BCUT2D eigenvalue weighted by Crippen LogP contribution is -2.40. The molecule has 2 bridgehead atoms. The lowest BCUT2D eigenvalue weighted by Gasteiger charge is -2.28. The van der Waals surface area contributed by atoms with Gasteiger partial charge in [0.05, 0.1) is 4.90 Å². The van der Waals surface area contributed by atoms with Crippen molar-refractivity contribution in [2.45, 2.75) is 50.5 Å². The predicted octanol–water partition coefficient (Wildman–Crippen LogP) is 2.68. The van der Waals surface area contributed by atoms with Crippen molar-refractivity contribution in [3.8, 4) is 0 Å². The molecule has 0 saturated heterocycles. The van der Waals surface area contributed by atoms with Crippen molar-refractivity contribution >= 4 is 15.7 Å². The van der Waals surface area contributed by atoms with Gasteiger partial charge in [-0.05, 0) is 74.6 Å². The zero-order valence-corrected chi connectivity index (χ0v) is 13.5. The average Bonchev–Trinajstić information content (AvgIpc) is 3.03. The molecule has 3 rings (SSSR count). The summed E-state index contributed by atoms with van der Waals surface area (Å²) in [6.45, 7) is 3.83. The Hall–Kier alpha value is -1.07. The van der Waals surface area contributed by atoms with Gasteiger partial charge in [-0.25, -0.2) is 13.1 Å². The molecule has 3 N–H and O–H groups in total. The van der Waals surface area contributed by atoms with Crippen LogP contribution in [-0.2, 0) is 10.0 Å². The average molecular weight is 308 g/mol. The lowest BCUT2D eigenvalue weighted by atomic mass is 9.84. The summed E-state index contributed by atoms with van der Waals surface area (Å²) in [5, 5.41) is 0. The van der Waals surface area contributed by atoms with Gasteiger partial charge in [0.1, 0.15) is 0 Å². The molecule has 0 spiro atoms. The van der Waals surface area contributed by atoms with Crippen LogP contribution in [0.5, 0.6) is 0 Å². The van der Waals surface area contributed by atoms with Gasteiger partial charge < -0.3 is 5.73 Å². The quantitative estimate of drug-likeness (QED) is 0.840. The molecule has 1 aromatic rings. The third-order valence-corrected chi connectivity index (χ3v) is 6.88. The molecule has 0 radical (unpaired) electrons. The van der Waals surface area contributed by atoms with Crippen LogP contribution in [0.1, 0.15) is 38.2 Å². The smallest absolute Gasteiger partial charge is 0.240 e. The fourth-order valence-electron chi connectivity index (χ4n) is 4.12. The number of benzene rings is 1. The summed E-state index contributed by atoms with van der Waals surface area (Å²) in [6.07, 6.45) is 5.06. The second kappa shape index (κ2) is 5.29. The molecule has 0 aliphatic heterocycles. The highest BCUT2D eigenvalue weighted by Crippen LogP contribution is 2.49. The zero-order valence-electron chi connectivity index (χ0n) is 12.7. The van der Waals surface area contributed by atoms with E-state index in [0.717, 1.165) is 11.5 Å². The summed E-state index contributed by atoms with van der Waals surface area (Å²) in [5.41, 5.74) is 7.18. The highest BCUT2D eigenvalue weighted by atomic mass is 32.2. The molecular weight excluding hydrogens is 284 g/mol. The van der Waals surface area contributed by atoms with E-state index < -0.39 is 10.0 Å². The Morgan fingerprint density at radius 3 is 2.62 bits per heavy atom. The molecular formula is C16H24N2O2S. The van der Waals surface area contributed by atoms with E-state index in [4.69, 9.17) is 5.73 Å². The summed E-state index contributed by atoms with van der Waals surface area (Å²) < 4.78 is 27.9. The Morgan fingerprint density at radius 1 is 1.29 bits per heavy atom. The minimum absolute atomic E-state index is 0.00293. The number of nitrogens with two attached hydrogens (primary N) is 1. The van der Waals surface area contributed by atoms with Gasteiger partial charge in [0, 0.05) is 11.7 Å². The van der Waals surface area contributed by atoms with E-state index in [0.29, 0.717) is 22.4 Å². The van der Waals surface area contributed by atoms with Crippen LogP contribution in [0.15, 0.2) is 23.1 Å². The predicted molar refractivity (Wildman–Crippen MR) is 84.3 cm³/mol. The largest absolute Gasteiger partial charge is 0.399 e. The van der Waals surface area contributed by atoms with Gasteiger partial charge in [-0.3, -0.25) is 0 Å². The maximum absolute atomic E-state index is 12.5. The molecule has 21 heavy (non-hydrogen) atoms. The molecule has 4 unspecified atom stereocenters. The molecule has 0 amide bonds. The fraction of sp³-hybridized carbons (Fsp3) is 0.625. The molecule has 0 aromatic heterocycles. The summed E-state index contributed by atoms with van der Waals surface area (Å²) in [7, 11) is -3.46. The van der Waals surface area contributed by atoms with Crippen LogP contribution in [0.4, 0.5) is 5.69 Å². The number of anilines is 1. The van der Waals surface area contributed by atoms with Crippen molar-refractivity contribution in [1.29, 1.82) is 0 Å². The van der Waals surface area contributed by atoms with Gasteiger partial charge in [0.2, 0.25) is 10.0 Å². The molecule has 2 aliphatic rings. The second-order valence-electron chi connectivity index (χ2n) is 6.77. The number of hydrogen-bond donors (Lipinski definition) is 2. The number of aryl methyl sites for hydroxylation is 1. The van der Waals surface area contributed by atoms with Crippen LogP contribution in [0, 0.1) is 24.7 Å². The van der Waals surface area contributed by atoms with E-state index in [9.17, 15) is 8.42 Å². The van der Waals surface area contributed by atoms with Crippen molar-refractivity contribution in [3.05, 3.63) is 23.8 Å². The van der Waals surface area contributed by atoms with Crippen molar-refractivity contribution < 1.29 is 8.42 Å². The third-order valence-electron chi connectivity index (χ3n) is 5.33. The molecule has 4 nitrogen and oxygen atoms in total. The van der Waals surface area contributed by atoms with Crippen molar-refractivity contribution in [3.63, 3.8) is 0 Å². The number of sulfonamides is 1. The maximum Gasteiger partial charge on any atom is 0.240 e. The minimum Gasteiger partial charge on any atom is -0.399 e. The van der Waals surface area contributed by atoms with E-state index in [1.165, 1.54) is 25.7 Å². The molecule has 2 aliphatic carbocycles. The van der Waals surface area contributed by atoms with Crippen molar-refractivity contribution in [2.75, 3.05) is 5.73 Å². The van der Waals surface area contributed by atoms with Gasteiger partial charge in [-0.1, -0.05) is 6.42 Å². The van der Waals surface area contributed by atoms with E-state index >= 15 is 0 Å². The lowest BCUT2D eigenvalue weighted by molar-refractivity contribution is 0.280. The molecule has 5 heteroatoms. The highest BCUT2D eigenvalue weighted by molar-refractivity contribution is 7.89. The number of nitrogens with one attached hydrogen (secondary N) is 1. The first-order chi connectivity index (χ1) is 9.87. The summed E-state index contributed by atoms with van der Waals surface area (Å²) in [4.78, 5) is 0.309. The van der Waals surface area contributed by atoms with Crippen LogP contribution in [0.3, 0.4) is 0 Å². The highest BCUT2D eigenvalue weighted by Gasteiger charge is 2.42. The van der Waals surface area contributed by atoms with E-state index in [1.807, 2.05) is 13.8 Å². The molecule has 2 saturated carbocycles. The summed E-state index contributed by atoms with van der Waals surface area (Å²) in [5.74, 6) is 2.03. The zero-order chi connectivity index (χ0) is 15.2. The second-order valence-corrected chi connectivity index (χ2v) is 8.48. The van der Waals surface area contributed by atoms with Crippen LogP contribution < -0.4 is 10.5 Å². The van der Waals surface area contributed by atoms with Crippen molar-refractivity contribution in [2.24, 2.45) is 17.8 Å². The molecule has 2 fully saturated rings.